The molecule has 3 heterocycles. The van der Waals surface area contributed by atoms with Gasteiger partial charge in [0.1, 0.15) is 5.60 Å². The van der Waals surface area contributed by atoms with E-state index in [9.17, 15) is 14.0 Å². The molecular formula is C34H42ClFN6O5S. The summed E-state index contributed by atoms with van der Waals surface area (Å²) in [6.07, 6.45) is 2.24. The number of aromatic nitrogens is 3. The summed E-state index contributed by atoms with van der Waals surface area (Å²) in [4.78, 5) is 36.1. The number of benzene rings is 1. The summed E-state index contributed by atoms with van der Waals surface area (Å²) in [6, 6.07) is 4.51. The van der Waals surface area contributed by atoms with Crippen LogP contribution in [0.25, 0.3) is 0 Å². The minimum atomic E-state index is -0.627. The average Bonchev–Trinajstić information content (AvgIpc) is 3.46. The second-order valence-corrected chi connectivity index (χ2v) is 14.0. The molecule has 48 heavy (non-hydrogen) atoms. The highest BCUT2D eigenvalue weighted by molar-refractivity contribution is 7.16. The number of esters is 1. The summed E-state index contributed by atoms with van der Waals surface area (Å²) in [5.41, 5.74) is 1.98. The highest BCUT2D eigenvalue weighted by atomic mass is 35.5. The Labute approximate surface area is 290 Å². The normalized spacial score (nSPS) is 12.7. The van der Waals surface area contributed by atoms with E-state index in [0.717, 1.165) is 28.8 Å². The van der Waals surface area contributed by atoms with Gasteiger partial charge in [0.25, 0.3) is 0 Å². The molecule has 2 aromatic heterocycles. The number of fused-ring (bicyclic) bond motifs is 1. The third-order valence-corrected chi connectivity index (χ3v) is 8.83. The van der Waals surface area contributed by atoms with Gasteiger partial charge in [0, 0.05) is 35.6 Å². The quantitative estimate of drug-likeness (QED) is 0.133. The minimum absolute atomic E-state index is 0.0950. The molecule has 3 aromatic rings. The van der Waals surface area contributed by atoms with Gasteiger partial charge < -0.3 is 24.0 Å². The van der Waals surface area contributed by atoms with E-state index >= 15 is 0 Å². The van der Waals surface area contributed by atoms with Crippen LogP contribution in [0.5, 0.6) is 5.75 Å². The lowest BCUT2D eigenvalue weighted by atomic mass is 10.0. The topological polar surface area (TPSA) is 110 Å². The number of carbonyl (C=O) groups excluding carboxylic acids is 2. The van der Waals surface area contributed by atoms with E-state index < -0.39 is 23.5 Å². The molecule has 1 aliphatic rings. The van der Waals surface area contributed by atoms with Crippen molar-refractivity contribution in [3.63, 3.8) is 0 Å². The van der Waals surface area contributed by atoms with Crippen molar-refractivity contribution < 1.29 is 28.2 Å². The SMILES string of the molecule is COC(=O)c1nc(N2CCCc3c2nnc(Cl)c3C)sc1CCCOc1ccc(C#CCN(CCN(C)C)C(=O)OC(C)(C)C)cc1F. The minimum Gasteiger partial charge on any atom is -0.491 e. The standard InChI is InChI=1S/C34H42ClFN6O5S/c1-22-24-12-9-17-42(30(24)39-38-29(22)35)32-37-28(31(43)45-7)27(48-32)13-10-20-46-26-15-14-23(21-25(26)36)11-8-16-41(19-18-40(5)6)33(44)47-34(2,3)4/h14-15,21H,9-10,12-13,16-20H2,1-7H3. The van der Waals surface area contributed by atoms with E-state index in [-0.39, 0.29) is 24.6 Å². The number of rotatable bonds is 11. The largest absolute Gasteiger partial charge is 0.491 e. The van der Waals surface area contributed by atoms with Crippen molar-refractivity contribution in [1.29, 1.82) is 0 Å². The Morgan fingerprint density at radius 1 is 1.19 bits per heavy atom. The van der Waals surface area contributed by atoms with Crippen molar-refractivity contribution in [2.24, 2.45) is 0 Å². The highest BCUT2D eigenvalue weighted by Crippen LogP contribution is 2.38. The van der Waals surface area contributed by atoms with Gasteiger partial charge in [0.2, 0.25) is 0 Å². The Morgan fingerprint density at radius 2 is 1.96 bits per heavy atom. The van der Waals surface area contributed by atoms with E-state index in [4.69, 9.17) is 25.8 Å². The molecule has 0 atom stereocenters. The number of ether oxygens (including phenoxy) is 3. The van der Waals surface area contributed by atoms with Crippen LogP contribution in [-0.2, 0) is 22.3 Å². The van der Waals surface area contributed by atoms with Crippen LogP contribution in [0.15, 0.2) is 18.2 Å². The van der Waals surface area contributed by atoms with E-state index in [0.29, 0.717) is 54.1 Å². The van der Waals surface area contributed by atoms with E-state index in [1.54, 1.807) is 6.07 Å². The highest BCUT2D eigenvalue weighted by Gasteiger charge is 2.28. The van der Waals surface area contributed by atoms with Crippen molar-refractivity contribution in [3.8, 4) is 17.6 Å². The Balaban J connectivity index is 1.37. The fraction of sp³-hybridized carbons (Fsp3) is 0.500. The Bertz CT molecular complexity index is 1680. The number of hydrogen-bond donors (Lipinski definition) is 0. The van der Waals surface area contributed by atoms with Crippen LogP contribution in [0, 0.1) is 24.6 Å². The van der Waals surface area contributed by atoms with Crippen LogP contribution < -0.4 is 9.64 Å². The van der Waals surface area contributed by atoms with Gasteiger partial charge in [-0.25, -0.2) is 19.0 Å². The fourth-order valence-electron chi connectivity index (χ4n) is 4.85. The molecule has 4 rings (SSSR count). The van der Waals surface area contributed by atoms with Crippen LogP contribution in [0.1, 0.15) is 65.7 Å². The van der Waals surface area contributed by atoms with Gasteiger partial charge in [0.05, 0.1) is 20.3 Å². The van der Waals surface area contributed by atoms with Crippen molar-refractivity contribution in [2.75, 3.05) is 58.9 Å². The number of hydrogen-bond acceptors (Lipinski definition) is 11. The number of aryl methyl sites for hydroxylation is 1. The van der Waals surface area contributed by atoms with Gasteiger partial charge in [-0.2, -0.15) is 0 Å². The zero-order valence-electron chi connectivity index (χ0n) is 28.5. The first-order valence-corrected chi connectivity index (χ1v) is 16.9. The van der Waals surface area contributed by atoms with Gasteiger partial charge in [-0.05, 0) is 91.2 Å². The number of likely N-dealkylation sites (N-methyl/N-ethyl adjacent to an activating group) is 1. The molecule has 14 heteroatoms. The fourth-order valence-corrected chi connectivity index (χ4v) is 6.12. The number of carbonyl (C=O) groups is 2. The third kappa shape index (κ3) is 9.78. The molecule has 0 spiro atoms. The molecule has 0 aliphatic carbocycles. The molecule has 0 unspecified atom stereocenters. The number of anilines is 2. The van der Waals surface area contributed by atoms with E-state index in [1.165, 1.54) is 35.5 Å². The summed E-state index contributed by atoms with van der Waals surface area (Å²) in [7, 11) is 5.16. The lowest BCUT2D eigenvalue weighted by molar-refractivity contribution is 0.0266. The van der Waals surface area contributed by atoms with Crippen LogP contribution in [0.2, 0.25) is 5.15 Å². The number of amides is 1. The van der Waals surface area contributed by atoms with Crippen molar-refractivity contribution >= 4 is 45.9 Å². The summed E-state index contributed by atoms with van der Waals surface area (Å²) >= 11 is 7.60. The summed E-state index contributed by atoms with van der Waals surface area (Å²) < 4.78 is 31.2. The first kappa shape index (κ1) is 36.8. The van der Waals surface area contributed by atoms with Crippen LogP contribution in [0.4, 0.5) is 20.1 Å². The van der Waals surface area contributed by atoms with Gasteiger partial charge in [-0.3, -0.25) is 4.90 Å². The smallest absolute Gasteiger partial charge is 0.411 e. The lowest BCUT2D eigenvalue weighted by Gasteiger charge is -2.28. The monoisotopic (exact) mass is 700 g/mol. The van der Waals surface area contributed by atoms with Gasteiger partial charge in [0.15, 0.2) is 33.4 Å². The molecule has 1 aromatic carbocycles. The summed E-state index contributed by atoms with van der Waals surface area (Å²) in [5.74, 6) is 5.59. The zero-order valence-corrected chi connectivity index (χ0v) is 30.1. The molecule has 0 saturated heterocycles. The maximum Gasteiger partial charge on any atom is 0.411 e. The predicted octanol–water partition coefficient (Wildman–Crippen LogP) is 6.07. The molecule has 11 nitrogen and oxygen atoms in total. The van der Waals surface area contributed by atoms with E-state index in [1.807, 2.05) is 51.6 Å². The van der Waals surface area contributed by atoms with Crippen LogP contribution >= 0.6 is 22.9 Å². The van der Waals surface area contributed by atoms with E-state index in [2.05, 4.69) is 27.0 Å². The maximum absolute atomic E-state index is 14.9. The second-order valence-electron chi connectivity index (χ2n) is 12.5. The molecule has 0 saturated carbocycles. The van der Waals surface area contributed by atoms with Gasteiger partial charge >= 0.3 is 12.1 Å². The first-order chi connectivity index (χ1) is 22.8. The van der Waals surface area contributed by atoms with Gasteiger partial charge in [-0.1, -0.05) is 23.4 Å². The molecule has 1 aliphatic heterocycles. The molecule has 0 fully saturated rings. The average molecular weight is 701 g/mol. The maximum atomic E-state index is 14.9. The van der Waals surface area contributed by atoms with Crippen molar-refractivity contribution in [3.05, 3.63) is 56.4 Å². The molecular weight excluding hydrogens is 659 g/mol. The second kappa shape index (κ2) is 16.4. The Kier molecular flexibility index (Phi) is 12.6. The zero-order chi connectivity index (χ0) is 35.0. The molecule has 1 amide bonds. The molecule has 0 bridgehead atoms. The van der Waals surface area contributed by atoms with Crippen LogP contribution in [-0.4, -0.2) is 96.6 Å². The molecule has 0 radical (unpaired) electrons. The summed E-state index contributed by atoms with van der Waals surface area (Å²) in [6.45, 7) is 9.47. The predicted molar refractivity (Wildman–Crippen MR) is 184 cm³/mol. The van der Waals surface area contributed by atoms with Crippen molar-refractivity contribution in [1.82, 2.24) is 25.0 Å². The summed E-state index contributed by atoms with van der Waals surface area (Å²) in [5, 5.41) is 9.41. The first-order valence-electron chi connectivity index (χ1n) is 15.7. The number of nitrogens with zero attached hydrogens (tertiary/aromatic N) is 6. The lowest BCUT2D eigenvalue weighted by Crippen LogP contribution is -2.40. The van der Waals surface area contributed by atoms with Crippen LogP contribution in [0.3, 0.4) is 0 Å². The Morgan fingerprint density at radius 3 is 2.65 bits per heavy atom. The van der Waals surface area contributed by atoms with Crippen molar-refractivity contribution in [2.45, 2.75) is 59.0 Å². The molecule has 258 valence electrons. The number of methoxy groups -OCH3 is 1. The number of halogens is 2. The Hall–Kier alpha value is -3.99. The third-order valence-electron chi connectivity index (χ3n) is 7.33. The molecule has 0 N–H and O–H groups in total. The van der Waals surface area contributed by atoms with Gasteiger partial charge in [-0.15, -0.1) is 21.5 Å². The number of thiazole rings is 1.